The molecule has 5 heteroatoms. The quantitative estimate of drug-likeness (QED) is 0.566. The minimum atomic E-state index is -0.0735. The fraction of sp³-hybridized carbons (Fsp3) is 0.385. The van der Waals surface area contributed by atoms with Crippen LogP contribution in [0, 0.1) is 5.41 Å². The van der Waals surface area contributed by atoms with E-state index in [1.54, 1.807) is 0 Å². The molecule has 0 saturated heterocycles. The number of amidine groups is 1. The molecule has 0 bridgehead atoms. The van der Waals surface area contributed by atoms with Crippen molar-refractivity contribution in [2.24, 2.45) is 16.5 Å². The van der Waals surface area contributed by atoms with Crippen molar-refractivity contribution in [3.8, 4) is 0 Å². The number of aliphatic imine (C=N–C) groups is 1. The van der Waals surface area contributed by atoms with Gasteiger partial charge in [0.15, 0.2) is 11.1 Å². The Hall–Kier alpha value is -1.49. The number of nitrogens with two attached hydrogens (primary N) is 2. The van der Waals surface area contributed by atoms with Gasteiger partial charge in [-0.05, 0) is 16.5 Å². The molecule has 0 fully saturated rings. The van der Waals surface area contributed by atoms with Crippen LogP contribution in [0.4, 0.5) is 0 Å². The Morgan fingerprint density at radius 1 is 1.22 bits per heavy atom. The van der Waals surface area contributed by atoms with Crippen LogP contribution in [-0.2, 0) is 11.2 Å². The first-order valence-corrected chi connectivity index (χ1v) is 6.68. The number of benzene rings is 1. The van der Waals surface area contributed by atoms with Gasteiger partial charge in [0.1, 0.15) is 0 Å². The average Bonchev–Trinajstić information content (AvgIpc) is 2.25. The van der Waals surface area contributed by atoms with Crippen LogP contribution in [0.1, 0.15) is 31.9 Å². The van der Waals surface area contributed by atoms with E-state index >= 15 is 0 Å². The highest BCUT2D eigenvalue weighted by Gasteiger charge is 2.12. The van der Waals surface area contributed by atoms with Crippen molar-refractivity contribution in [3.05, 3.63) is 35.4 Å². The summed E-state index contributed by atoms with van der Waals surface area (Å²) in [5, 5.41) is 7.66. The van der Waals surface area contributed by atoms with E-state index < -0.39 is 0 Å². The van der Waals surface area contributed by atoms with Crippen LogP contribution >= 0.6 is 11.8 Å². The Bertz CT molecular complexity index is 439. The third kappa shape index (κ3) is 4.79. The zero-order chi connectivity index (χ0) is 13.8. The van der Waals surface area contributed by atoms with Gasteiger partial charge in [-0.15, -0.1) is 0 Å². The van der Waals surface area contributed by atoms with Crippen molar-refractivity contribution in [3.63, 3.8) is 0 Å². The van der Waals surface area contributed by atoms with Crippen LogP contribution < -0.4 is 11.5 Å². The number of guanidine groups is 1. The molecule has 0 aliphatic heterocycles. The minimum absolute atomic E-state index is 0.0735. The molecule has 0 saturated carbocycles. The summed E-state index contributed by atoms with van der Waals surface area (Å²) in [6.45, 7) is 6.56. The fourth-order valence-electron chi connectivity index (χ4n) is 1.40. The van der Waals surface area contributed by atoms with E-state index in [1.807, 2.05) is 0 Å². The summed E-state index contributed by atoms with van der Waals surface area (Å²) in [6, 6.07) is 8.41. The summed E-state index contributed by atoms with van der Waals surface area (Å²) < 4.78 is 0. The second kappa shape index (κ2) is 5.91. The molecule has 5 N–H and O–H groups in total. The lowest BCUT2D eigenvalue weighted by Crippen LogP contribution is -2.23. The molecule has 98 valence electrons. The van der Waals surface area contributed by atoms with Crippen LogP contribution in [0.15, 0.2) is 29.3 Å². The van der Waals surface area contributed by atoms with E-state index in [1.165, 1.54) is 17.3 Å². The smallest absolute Gasteiger partial charge is 0.193 e. The lowest BCUT2D eigenvalue weighted by atomic mass is 9.87. The summed E-state index contributed by atoms with van der Waals surface area (Å²) >= 11 is 1.31. The summed E-state index contributed by atoms with van der Waals surface area (Å²) in [6.07, 6.45) is 0. The van der Waals surface area contributed by atoms with Gasteiger partial charge in [-0.2, -0.15) is 4.99 Å². The summed E-state index contributed by atoms with van der Waals surface area (Å²) in [5.74, 6) is 0.621. The van der Waals surface area contributed by atoms with Crippen LogP contribution in [0.25, 0.3) is 0 Å². The summed E-state index contributed by atoms with van der Waals surface area (Å²) in [5.41, 5.74) is 13.0. The monoisotopic (exact) mass is 264 g/mol. The van der Waals surface area contributed by atoms with E-state index in [4.69, 9.17) is 16.9 Å². The average molecular weight is 264 g/mol. The first-order valence-electron chi connectivity index (χ1n) is 5.69. The molecule has 1 aromatic carbocycles. The molecule has 18 heavy (non-hydrogen) atoms. The van der Waals surface area contributed by atoms with Gasteiger partial charge in [-0.3, -0.25) is 5.41 Å². The molecule has 0 atom stereocenters. The van der Waals surface area contributed by atoms with E-state index in [9.17, 15) is 0 Å². The van der Waals surface area contributed by atoms with E-state index in [-0.39, 0.29) is 16.5 Å². The molecule has 0 amide bonds. The van der Waals surface area contributed by atoms with Crippen molar-refractivity contribution >= 4 is 22.9 Å². The van der Waals surface area contributed by atoms with Crippen molar-refractivity contribution < 1.29 is 0 Å². The molecule has 1 aromatic rings. The van der Waals surface area contributed by atoms with Crippen molar-refractivity contribution in [1.29, 1.82) is 5.41 Å². The van der Waals surface area contributed by atoms with Crippen LogP contribution in [0.5, 0.6) is 0 Å². The highest BCUT2D eigenvalue weighted by Crippen LogP contribution is 2.23. The normalized spacial score (nSPS) is 11.1. The first kappa shape index (κ1) is 14.6. The standard InChI is InChI=1S/C13H20N4S/c1-13(2,3)10-6-4-9(5-7-10)8-18-12(16)17-11(14)15/h4-7H,8H2,1-3H3,(H5,14,15,16,17). The fourth-order valence-corrected chi connectivity index (χ4v) is 2.07. The molecule has 0 unspecified atom stereocenters. The molecular weight excluding hydrogens is 244 g/mol. The molecule has 0 spiro atoms. The third-order valence-corrected chi connectivity index (χ3v) is 3.27. The van der Waals surface area contributed by atoms with E-state index in [2.05, 4.69) is 50.0 Å². The van der Waals surface area contributed by atoms with Gasteiger partial charge in [-0.25, -0.2) is 0 Å². The number of rotatable bonds is 2. The van der Waals surface area contributed by atoms with Gasteiger partial charge >= 0.3 is 0 Å². The second-order valence-electron chi connectivity index (χ2n) is 5.08. The third-order valence-electron chi connectivity index (χ3n) is 2.43. The highest BCUT2D eigenvalue weighted by molar-refractivity contribution is 8.13. The Morgan fingerprint density at radius 2 is 1.78 bits per heavy atom. The number of nitrogens with zero attached hydrogens (tertiary/aromatic N) is 1. The predicted octanol–water partition coefficient (Wildman–Crippen LogP) is 2.43. The maximum absolute atomic E-state index is 7.53. The van der Waals surface area contributed by atoms with Gasteiger partial charge in [0, 0.05) is 5.75 Å². The van der Waals surface area contributed by atoms with Crippen molar-refractivity contribution in [1.82, 2.24) is 0 Å². The Morgan fingerprint density at radius 3 is 2.22 bits per heavy atom. The van der Waals surface area contributed by atoms with Crippen molar-refractivity contribution in [2.75, 3.05) is 0 Å². The molecule has 1 rings (SSSR count). The molecule has 0 aliphatic carbocycles. The van der Waals surface area contributed by atoms with Gasteiger partial charge in [0.25, 0.3) is 0 Å². The molecule has 4 nitrogen and oxygen atoms in total. The van der Waals surface area contributed by atoms with Gasteiger partial charge in [-0.1, -0.05) is 56.8 Å². The molecule has 0 radical (unpaired) electrons. The number of nitrogens with one attached hydrogen (secondary N) is 1. The number of hydrogen-bond acceptors (Lipinski definition) is 2. The zero-order valence-corrected chi connectivity index (χ0v) is 11.8. The largest absolute Gasteiger partial charge is 0.370 e. The number of thioether (sulfide) groups is 1. The SMILES string of the molecule is CC(C)(C)c1ccc(CSC(=N)N=C(N)N)cc1. The first-order chi connectivity index (χ1) is 8.29. The van der Waals surface area contributed by atoms with Crippen molar-refractivity contribution in [2.45, 2.75) is 31.9 Å². The van der Waals surface area contributed by atoms with Crippen LogP contribution in [-0.4, -0.2) is 11.1 Å². The minimum Gasteiger partial charge on any atom is -0.370 e. The predicted molar refractivity (Wildman–Crippen MR) is 80.0 cm³/mol. The summed E-state index contributed by atoms with van der Waals surface area (Å²) in [4.78, 5) is 3.67. The zero-order valence-electron chi connectivity index (χ0n) is 11.0. The lowest BCUT2D eigenvalue weighted by molar-refractivity contribution is 0.590. The van der Waals surface area contributed by atoms with E-state index in [0.717, 1.165) is 5.56 Å². The van der Waals surface area contributed by atoms with Gasteiger partial charge in [0.05, 0.1) is 0 Å². The maximum Gasteiger partial charge on any atom is 0.193 e. The topological polar surface area (TPSA) is 88.2 Å². The van der Waals surface area contributed by atoms with E-state index in [0.29, 0.717) is 5.75 Å². The Labute approximate surface area is 112 Å². The molecule has 0 aromatic heterocycles. The Kier molecular flexibility index (Phi) is 4.78. The molecule has 0 aliphatic rings. The van der Waals surface area contributed by atoms with Gasteiger partial charge in [0.2, 0.25) is 0 Å². The Balaban J connectivity index is 2.60. The second-order valence-corrected chi connectivity index (χ2v) is 6.04. The maximum atomic E-state index is 7.53. The highest BCUT2D eigenvalue weighted by atomic mass is 32.2. The van der Waals surface area contributed by atoms with Crippen LogP contribution in [0.2, 0.25) is 0 Å². The molecule has 0 heterocycles. The lowest BCUT2D eigenvalue weighted by Gasteiger charge is -2.19. The van der Waals surface area contributed by atoms with Gasteiger partial charge < -0.3 is 11.5 Å². The number of hydrogen-bond donors (Lipinski definition) is 3. The molecular formula is C13H20N4S. The van der Waals surface area contributed by atoms with Crippen LogP contribution in [0.3, 0.4) is 0 Å². The summed E-state index contributed by atoms with van der Waals surface area (Å²) in [7, 11) is 0.